The standard InChI is InChI=1S/C16H23N3O2/c1-12(2)6-4-7-13(3)9-11-18-16(21)19-14-8-5-10-17-15(14)20/h5-6,8-10H,4,7,11H2,1-3H3,(H,17,20)(H2,18,19,21)/b13-9+. The lowest BCUT2D eigenvalue weighted by Crippen LogP contribution is -2.31. The molecular weight excluding hydrogens is 266 g/mol. The van der Waals surface area contributed by atoms with E-state index < -0.39 is 0 Å². The Labute approximate surface area is 125 Å². The maximum absolute atomic E-state index is 11.6. The number of anilines is 1. The number of amides is 2. The van der Waals surface area contributed by atoms with Crippen LogP contribution in [-0.2, 0) is 0 Å². The molecule has 0 saturated carbocycles. The lowest BCUT2D eigenvalue weighted by molar-refractivity contribution is 0.253. The predicted molar refractivity (Wildman–Crippen MR) is 86.5 cm³/mol. The second-order valence-electron chi connectivity index (χ2n) is 5.12. The first-order chi connectivity index (χ1) is 9.99. The van der Waals surface area contributed by atoms with Gasteiger partial charge in [0.15, 0.2) is 0 Å². The van der Waals surface area contributed by atoms with Crippen LogP contribution in [0.2, 0.25) is 0 Å². The molecule has 0 aliphatic heterocycles. The molecule has 3 N–H and O–H groups in total. The van der Waals surface area contributed by atoms with Gasteiger partial charge in [-0.05, 0) is 45.7 Å². The summed E-state index contributed by atoms with van der Waals surface area (Å²) in [5.74, 6) is 0. The molecule has 1 heterocycles. The molecule has 1 rings (SSSR count). The molecule has 21 heavy (non-hydrogen) atoms. The maximum Gasteiger partial charge on any atom is 0.319 e. The Hall–Kier alpha value is -2.30. The van der Waals surface area contributed by atoms with Gasteiger partial charge in [0.05, 0.1) is 0 Å². The smallest absolute Gasteiger partial charge is 0.319 e. The van der Waals surface area contributed by atoms with Gasteiger partial charge >= 0.3 is 6.03 Å². The number of urea groups is 1. The number of carbonyl (C=O) groups is 1. The van der Waals surface area contributed by atoms with E-state index in [0.717, 1.165) is 12.8 Å². The summed E-state index contributed by atoms with van der Waals surface area (Å²) in [7, 11) is 0. The average Bonchev–Trinajstić information content (AvgIpc) is 2.41. The molecule has 2 amide bonds. The van der Waals surface area contributed by atoms with Gasteiger partial charge in [-0.1, -0.05) is 23.3 Å². The molecule has 0 aromatic carbocycles. The lowest BCUT2D eigenvalue weighted by Gasteiger charge is -2.05. The van der Waals surface area contributed by atoms with Crippen LogP contribution in [0.25, 0.3) is 0 Å². The second kappa shape index (κ2) is 8.79. The molecule has 114 valence electrons. The minimum atomic E-state index is -0.389. The summed E-state index contributed by atoms with van der Waals surface area (Å²) < 4.78 is 0. The third-order valence-corrected chi connectivity index (χ3v) is 2.87. The van der Waals surface area contributed by atoms with Gasteiger partial charge < -0.3 is 15.6 Å². The van der Waals surface area contributed by atoms with Gasteiger partial charge in [-0.25, -0.2) is 4.79 Å². The van der Waals surface area contributed by atoms with E-state index in [1.165, 1.54) is 17.3 Å². The van der Waals surface area contributed by atoms with Gasteiger partial charge in [-0.15, -0.1) is 0 Å². The highest BCUT2D eigenvalue weighted by molar-refractivity contribution is 5.88. The van der Waals surface area contributed by atoms with Crippen molar-refractivity contribution in [2.75, 3.05) is 11.9 Å². The van der Waals surface area contributed by atoms with Crippen molar-refractivity contribution in [3.63, 3.8) is 0 Å². The van der Waals surface area contributed by atoms with E-state index in [1.54, 1.807) is 12.1 Å². The second-order valence-corrected chi connectivity index (χ2v) is 5.12. The van der Waals surface area contributed by atoms with Crippen molar-refractivity contribution in [1.29, 1.82) is 0 Å². The molecule has 0 spiro atoms. The number of carbonyl (C=O) groups excluding carboxylic acids is 1. The van der Waals surface area contributed by atoms with E-state index in [0.29, 0.717) is 6.54 Å². The van der Waals surface area contributed by atoms with Crippen LogP contribution in [0.4, 0.5) is 10.5 Å². The zero-order valence-corrected chi connectivity index (χ0v) is 12.8. The Balaban J connectivity index is 2.35. The maximum atomic E-state index is 11.6. The van der Waals surface area contributed by atoms with Crippen molar-refractivity contribution in [2.24, 2.45) is 0 Å². The minimum Gasteiger partial charge on any atom is -0.334 e. The molecule has 5 nitrogen and oxygen atoms in total. The molecule has 1 aromatic heterocycles. The Morgan fingerprint density at radius 2 is 2.05 bits per heavy atom. The average molecular weight is 289 g/mol. The zero-order valence-electron chi connectivity index (χ0n) is 12.8. The predicted octanol–water partition coefficient (Wildman–Crippen LogP) is 3.19. The quantitative estimate of drug-likeness (QED) is 0.704. The molecule has 0 bridgehead atoms. The Morgan fingerprint density at radius 3 is 2.71 bits per heavy atom. The van der Waals surface area contributed by atoms with Crippen LogP contribution < -0.4 is 16.2 Å². The van der Waals surface area contributed by atoms with E-state index in [-0.39, 0.29) is 17.3 Å². The fourth-order valence-electron chi connectivity index (χ4n) is 1.70. The summed E-state index contributed by atoms with van der Waals surface area (Å²) >= 11 is 0. The highest BCUT2D eigenvalue weighted by atomic mass is 16.2. The fraction of sp³-hybridized carbons (Fsp3) is 0.375. The number of aromatic nitrogens is 1. The van der Waals surface area contributed by atoms with Crippen LogP contribution in [0.15, 0.2) is 46.4 Å². The molecule has 0 saturated heterocycles. The number of rotatable bonds is 6. The molecule has 0 aliphatic rings. The summed E-state index contributed by atoms with van der Waals surface area (Å²) in [6, 6.07) is 2.82. The minimum absolute atomic E-state index is 0.235. The van der Waals surface area contributed by atoms with Crippen LogP contribution in [-0.4, -0.2) is 17.6 Å². The van der Waals surface area contributed by atoms with Gasteiger partial charge in [0.1, 0.15) is 5.69 Å². The molecule has 0 atom stereocenters. The number of hydrogen-bond acceptors (Lipinski definition) is 2. The normalized spacial score (nSPS) is 10.9. The number of H-pyrrole nitrogens is 1. The Kier molecular flexibility index (Phi) is 7.01. The largest absolute Gasteiger partial charge is 0.334 e. The number of nitrogens with one attached hydrogen (secondary N) is 3. The first kappa shape index (κ1) is 16.8. The van der Waals surface area contributed by atoms with Crippen molar-refractivity contribution in [2.45, 2.75) is 33.6 Å². The molecule has 0 fully saturated rings. The molecule has 5 heteroatoms. The van der Waals surface area contributed by atoms with Crippen molar-refractivity contribution in [1.82, 2.24) is 10.3 Å². The number of allylic oxidation sites excluding steroid dienone is 3. The van der Waals surface area contributed by atoms with Crippen LogP contribution in [0.5, 0.6) is 0 Å². The van der Waals surface area contributed by atoms with Gasteiger partial charge in [-0.3, -0.25) is 4.79 Å². The van der Waals surface area contributed by atoms with E-state index in [4.69, 9.17) is 0 Å². The molecule has 0 aliphatic carbocycles. The summed E-state index contributed by atoms with van der Waals surface area (Å²) in [5.41, 5.74) is 2.46. The van der Waals surface area contributed by atoms with Gasteiger partial charge in [-0.2, -0.15) is 0 Å². The highest BCUT2D eigenvalue weighted by Crippen LogP contribution is 2.05. The van der Waals surface area contributed by atoms with Crippen LogP contribution >= 0.6 is 0 Å². The number of hydrogen-bond donors (Lipinski definition) is 3. The van der Waals surface area contributed by atoms with Crippen LogP contribution in [0.3, 0.4) is 0 Å². The SMILES string of the molecule is CC(C)=CCC/C(C)=C/CNC(=O)Nc1ccc[nH]c1=O. The first-order valence-electron chi connectivity index (χ1n) is 7.00. The third kappa shape index (κ3) is 7.15. The Morgan fingerprint density at radius 1 is 1.29 bits per heavy atom. The summed E-state index contributed by atoms with van der Waals surface area (Å²) in [6.45, 7) is 6.64. The van der Waals surface area contributed by atoms with E-state index in [9.17, 15) is 9.59 Å². The fourth-order valence-corrected chi connectivity index (χ4v) is 1.70. The van der Waals surface area contributed by atoms with Crippen LogP contribution in [0.1, 0.15) is 33.6 Å². The third-order valence-electron chi connectivity index (χ3n) is 2.87. The lowest BCUT2D eigenvalue weighted by atomic mass is 10.1. The van der Waals surface area contributed by atoms with E-state index >= 15 is 0 Å². The number of pyridine rings is 1. The van der Waals surface area contributed by atoms with E-state index in [2.05, 4.69) is 35.5 Å². The van der Waals surface area contributed by atoms with Crippen molar-refractivity contribution in [3.05, 3.63) is 52.0 Å². The van der Waals surface area contributed by atoms with Gasteiger partial charge in [0.25, 0.3) is 5.56 Å². The highest BCUT2D eigenvalue weighted by Gasteiger charge is 2.02. The van der Waals surface area contributed by atoms with Crippen molar-refractivity contribution >= 4 is 11.7 Å². The zero-order chi connectivity index (χ0) is 15.7. The summed E-state index contributed by atoms with van der Waals surface area (Å²) in [4.78, 5) is 25.5. The van der Waals surface area contributed by atoms with E-state index in [1.807, 2.05) is 13.0 Å². The van der Waals surface area contributed by atoms with Crippen LogP contribution in [0, 0.1) is 0 Å². The Bertz CT molecular complexity index is 581. The summed E-state index contributed by atoms with van der Waals surface area (Å²) in [6.07, 6.45) is 7.68. The van der Waals surface area contributed by atoms with Crippen molar-refractivity contribution in [3.8, 4) is 0 Å². The molecule has 0 unspecified atom stereocenters. The van der Waals surface area contributed by atoms with Crippen molar-refractivity contribution < 1.29 is 4.79 Å². The summed E-state index contributed by atoms with van der Waals surface area (Å²) in [5, 5.41) is 5.20. The topological polar surface area (TPSA) is 74.0 Å². The first-order valence-corrected chi connectivity index (χ1v) is 7.00. The van der Waals surface area contributed by atoms with Gasteiger partial charge in [0.2, 0.25) is 0 Å². The van der Waals surface area contributed by atoms with Gasteiger partial charge in [0, 0.05) is 12.7 Å². The number of aromatic amines is 1. The molecular formula is C16H23N3O2. The molecule has 0 radical (unpaired) electrons. The molecule has 1 aromatic rings. The monoisotopic (exact) mass is 289 g/mol.